The van der Waals surface area contributed by atoms with E-state index < -0.39 is 0 Å². The molecule has 0 aliphatic carbocycles. The molecule has 3 nitrogen and oxygen atoms in total. The van der Waals surface area contributed by atoms with E-state index in [0.29, 0.717) is 5.92 Å². The molecule has 0 spiro atoms. The van der Waals surface area contributed by atoms with Gasteiger partial charge in [-0.25, -0.2) is 0 Å². The molecule has 10 heavy (non-hydrogen) atoms. The normalized spacial score (nSPS) is 36.3. The fourth-order valence-electron chi connectivity index (χ4n) is 1.63. The van der Waals surface area contributed by atoms with Crippen LogP contribution in [0.4, 0.5) is 0 Å². The smallest absolute Gasteiger partial charge is 0.0472 e. The van der Waals surface area contributed by atoms with Crippen molar-refractivity contribution in [2.24, 2.45) is 11.7 Å². The summed E-state index contributed by atoms with van der Waals surface area (Å²) < 4.78 is 0. The average molecular weight is 144 g/mol. The van der Waals surface area contributed by atoms with Crippen molar-refractivity contribution in [2.45, 2.75) is 12.5 Å². The molecule has 0 saturated carbocycles. The molecule has 1 aliphatic heterocycles. The van der Waals surface area contributed by atoms with Crippen molar-refractivity contribution < 1.29 is 5.11 Å². The van der Waals surface area contributed by atoms with Gasteiger partial charge in [0.1, 0.15) is 0 Å². The summed E-state index contributed by atoms with van der Waals surface area (Å²) in [7, 11) is 2.04. The summed E-state index contributed by atoms with van der Waals surface area (Å²) in [6.45, 7) is 2.23. The molecule has 0 radical (unpaired) electrons. The van der Waals surface area contributed by atoms with E-state index in [1.54, 1.807) is 0 Å². The van der Waals surface area contributed by atoms with Crippen molar-refractivity contribution in [3.63, 3.8) is 0 Å². The van der Waals surface area contributed by atoms with Crippen molar-refractivity contribution in [1.29, 1.82) is 0 Å². The number of hydrogen-bond acceptors (Lipinski definition) is 3. The van der Waals surface area contributed by atoms with Crippen LogP contribution in [-0.4, -0.2) is 42.8 Å². The van der Waals surface area contributed by atoms with Gasteiger partial charge in [0.15, 0.2) is 0 Å². The summed E-state index contributed by atoms with van der Waals surface area (Å²) >= 11 is 0. The summed E-state index contributed by atoms with van der Waals surface area (Å²) in [5, 5.41) is 8.84. The van der Waals surface area contributed by atoms with Crippen molar-refractivity contribution in [2.75, 3.05) is 26.7 Å². The Morgan fingerprint density at radius 3 is 2.80 bits per heavy atom. The Labute approximate surface area is 61.8 Å². The number of likely N-dealkylation sites (tertiary alicyclic amines) is 1. The van der Waals surface area contributed by atoms with Gasteiger partial charge < -0.3 is 15.7 Å². The van der Waals surface area contributed by atoms with Gasteiger partial charge in [-0.3, -0.25) is 0 Å². The molecule has 60 valence electrons. The maximum atomic E-state index is 8.84. The quantitative estimate of drug-likeness (QED) is 0.509. The van der Waals surface area contributed by atoms with Crippen molar-refractivity contribution in [1.82, 2.24) is 4.90 Å². The molecule has 0 aromatic rings. The van der Waals surface area contributed by atoms with Crippen LogP contribution < -0.4 is 5.73 Å². The Morgan fingerprint density at radius 2 is 2.30 bits per heavy atom. The van der Waals surface area contributed by atoms with Crippen LogP contribution in [0.2, 0.25) is 0 Å². The summed E-state index contributed by atoms with van der Waals surface area (Å²) in [4.78, 5) is 2.18. The molecule has 1 heterocycles. The number of piperidine rings is 1. The number of likely N-dealkylation sites (N-methyl/N-ethyl adjacent to an activating group) is 1. The number of aliphatic hydroxyl groups excluding tert-OH is 1. The third-order valence-electron chi connectivity index (χ3n) is 2.01. The van der Waals surface area contributed by atoms with Gasteiger partial charge in [0.2, 0.25) is 0 Å². The predicted molar refractivity (Wildman–Crippen MR) is 40.7 cm³/mol. The van der Waals surface area contributed by atoms with E-state index in [4.69, 9.17) is 10.8 Å². The minimum Gasteiger partial charge on any atom is -0.396 e. The van der Waals surface area contributed by atoms with E-state index in [1.807, 2.05) is 7.05 Å². The van der Waals surface area contributed by atoms with Crippen LogP contribution in [0.5, 0.6) is 0 Å². The molecule has 0 amide bonds. The van der Waals surface area contributed by atoms with Gasteiger partial charge in [0.25, 0.3) is 0 Å². The first-order valence-electron chi connectivity index (χ1n) is 3.77. The Hall–Kier alpha value is -0.120. The van der Waals surface area contributed by atoms with E-state index in [0.717, 1.165) is 19.5 Å². The van der Waals surface area contributed by atoms with E-state index >= 15 is 0 Å². The second-order valence-electron chi connectivity index (χ2n) is 3.27. The second kappa shape index (κ2) is 3.32. The Morgan fingerprint density at radius 1 is 1.60 bits per heavy atom. The molecule has 3 N–H and O–H groups in total. The van der Waals surface area contributed by atoms with E-state index in [-0.39, 0.29) is 12.6 Å². The summed E-state index contributed by atoms with van der Waals surface area (Å²) in [5.41, 5.74) is 5.74. The summed E-state index contributed by atoms with van der Waals surface area (Å²) in [6, 6.07) is 0.260. The molecule has 2 atom stereocenters. The Balaban J connectivity index is 2.35. The lowest BCUT2D eigenvalue weighted by molar-refractivity contribution is 0.126. The minimum absolute atomic E-state index is 0.260. The van der Waals surface area contributed by atoms with Crippen LogP contribution in [0.15, 0.2) is 0 Å². The standard InChI is InChI=1S/C7H16N2O/c1-9-3-6(5-10)2-7(8)4-9/h6-7,10H,2-5,8H2,1H3. The zero-order valence-electron chi connectivity index (χ0n) is 6.45. The van der Waals surface area contributed by atoms with E-state index in [1.165, 1.54) is 0 Å². The van der Waals surface area contributed by atoms with Crippen LogP contribution >= 0.6 is 0 Å². The van der Waals surface area contributed by atoms with Gasteiger partial charge in [-0.15, -0.1) is 0 Å². The second-order valence-corrected chi connectivity index (χ2v) is 3.27. The first-order valence-corrected chi connectivity index (χ1v) is 3.77. The first kappa shape index (κ1) is 7.98. The van der Waals surface area contributed by atoms with Crippen molar-refractivity contribution >= 4 is 0 Å². The van der Waals surface area contributed by atoms with E-state index in [9.17, 15) is 0 Å². The fraction of sp³-hybridized carbons (Fsp3) is 1.00. The number of nitrogens with zero attached hydrogens (tertiary/aromatic N) is 1. The van der Waals surface area contributed by atoms with Crippen LogP contribution in [0, 0.1) is 5.92 Å². The lowest BCUT2D eigenvalue weighted by Crippen LogP contribution is -2.45. The van der Waals surface area contributed by atoms with Crippen LogP contribution in [0.1, 0.15) is 6.42 Å². The molecule has 1 aliphatic rings. The summed E-state index contributed by atoms with van der Waals surface area (Å²) in [5.74, 6) is 0.397. The zero-order valence-corrected chi connectivity index (χ0v) is 6.45. The molecular formula is C7H16N2O. The first-order chi connectivity index (χ1) is 4.72. The van der Waals surface area contributed by atoms with Gasteiger partial charge >= 0.3 is 0 Å². The molecule has 0 aromatic carbocycles. The molecule has 2 unspecified atom stereocenters. The predicted octanol–water partition coefficient (Wildman–Crippen LogP) is -0.742. The van der Waals surface area contributed by atoms with Gasteiger partial charge in [-0.05, 0) is 19.4 Å². The largest absolute Gasteiger partial charge is 0.396 e. The molecule has 1 saturated heterocycles. The minimum atomic E-state index is 0.260. The highest BCUT2D eigenvalue weighted by molar-refractivity contribution is 4.78. The zero-order chi connectivity index (χ0) is 7.56. The van der Waals surface area contributed by atoms with Crippen molar-refractivity contribution in [3.8, 4) is 0 Å². The van der Waals surface area contributed by atoms with Crippen LogP contribution in [-0.2, 0) is 0 Å². The highest BCUT2D eigenvalue weighted by Gasteiger charge is 2.21. The molecule has 1 fully saturated rings. The lowest BCUT2D eigenvalue weighted by Gasteiger charge is -2.32. The van der Waals surface area contributed by atoms with E-state index in [2.05, 4.69) is 4.90 Å². The third kappa shape index (κ3) is 1.94. The Kier molecular flexibility index (Phi) is 2.65. The SMILES string of the molecule is CN1CC(N)CC(CO)C1. The monoisotopic (exact) mass is 144 g/mol. The van der Waals surface area contributed by atoms with Crippen LogP contribution in [0.3, 0.4) is 0 Å². The Bertz CT molecular complexity index is 97.8. The molecule has 3 heteroatoms. The number of hydrogen-bond donors (Lipinski definition) is 2. The van der Waals surface area contributed by atoms with Gasteiger partial charge in [0.05, 0.1) is 0 Å². The molecule has 1 rings (SSSR count). The molecule has 0 bridgehead atoms. The highest BCUT2D eigenvalue weighted by Crippen LogP contribution is 2.12. The van der Waals surface area contributed by atoms with Gasteiger partial charge in [0, 0.05) is 25.7 Å². The van der Waals surface area contributed by atoms with Crippen LogP contribution in [0.25, 0.3) is 0 Å². The molecular weight excluding hydrogens is 128 g/mol. The topological polar surface area (TPSA) is 49.5 Å². The number of rotatable bonds is 1. The van der Waals surface area contributed by atoms with Crippen molar-refractivity contribution in [3.05, 3.63) is 0 Å². The average Bonchev–Trinajstić information content (AvgIpc) is 1.85. The maximum Gasteiger partial charge on any atom is 0.0472 e. The van der Waals surface area contributed by atoms with Gasteiger partial charge in [-0.2, -0.15) is 0 Å². The number of aliphatic hydroxyl groups is 1. The molecule has 0 aromatic heterocycles. The third-order valence-corrected chi connectivity index (χ3v) is 2.01. The highest BCUT2D eigenvalue weighted by atomic mass is 16.3. The number of nitrogens with two attached hydrogens (primary N) is 1. The lowest BCUT2D eigenvalue weighted by atomic mass is 9.96. The maximum absolute atomic E-state index is 8.84. The fourth-order valence-corrected chi connectivity index (χ4v) is 1.63. The summed E-state index contributed by atoms with van der Waals surface area (Å²) in [6.07, 6.45) is 0.973. The van der Waals surface area contributed by atoms with Gasteiger partial charge in [-0.1, -0.05) is 0 Å².